The zero-order valence-electron chi connectivity index (χ0n) is 18.9. The first-order valence-corrected chi connectivity index (χ1v) is 11.4. The van der Waals surface area contributed by atoms with Gasteiger partial charge in [0.15, 0.2) is 11.6 Å². The van der Waals surface area contributed by atoms with Crippen molar-refractivity contribution >= 4 is 29.0 Å². The van der Waals surface area contributed by atoms with E-state index in [0.29, 0.717) is 43.8 Å². The average molecular weight is 445 g/mol. The minimum atomic E-state index is -0.0988. The fourth-order valence-electron chi connectivity index (χ4n) is 4.34. The second-order valence-electron chi connectivity index (χ2n) is 8.34. The number of hydrogen-bond donors (Lipinski definition) is 2. The van der Waals surface area contributed by atoms with Crippen molar-refractivity contribution in [1.82, 2.24) is 29.7 Å². The number of aromatic amines is 1. The molecule has 0 aliphatic carbocycles. The SMILES string of the molecule is CC[C@H](C(=O)N1CCN(c2nc(Nc3cc(C)[nH]n3)c3cccn3n2)CC1)c1ccccc1. The summed E-state index contributed by atoms with van der Waals surface area (Å²) in [6, 6.07) is 15.9. The lowest BCUT2D eigenvalue weighted by atomic mass is 9.95. The number of H-pyrrole nitrogens is 1. The van der Waals surface area contributed by atoms with E-state index in [1.807, 2.05) is 71.1 Å². The molecule has 1 aliphatic heterocycles. The van der Waals surface area contributed by atoms with Gasteiger partial charge in [-0.15, -0.1) is 5.10 Å². The second kappa shape index (κ2) is 8.93. The molecule has 5 rings (SSSR count). The summed E-state index contributed by atoms with van der Waals surface area (Å²) in [7, 11) is 0. The molecule has 1 fully saturated rings. The van der Waals surface area contributed by atoms with Gasteiger partial charge in [0, 0.05) is 44.1 Å². The molecule has 170 valence electrons. The Balaban J connectivity index is 1.31. The summed E-state index contributed by atoms with van der Waals surface area (Å²) in [5, 5.41) is 15.2. The Bertz CT molecular complexity index is 1240. The number of benzene rings is 1. The van der Waals surface area contributed by atoms with Crippen LogP contribution in [0.25, 0.3) is 5.52 Å². The Morgan fingerprint density at radius 3 is 2.61 bits per heavy atom. The molecule has 0 unspecified atom stereocenters. The van der Waals surface area contributed by atoms with Crippen LogP contribution in [0.5, 0.6) is 0 Å². The van der Waals surface area contributed by atoms with Crippen LogP contribution in [0.3, 0.4) is 0 Å². The third kappa shape index (κ3) is 4.26. The number of carbonyl (C=O) groups is 1. The number of amides is 1. The molecule has 1 aliphatic rings. The maximum atomic E-state index is 13.2. The molecule has 9 nitrogen and oxygen atoms in total. The summed E-state index contributed by atoms with van der Waals surface area (Å²) in [6.07, 6.45) is 2.70. The van der Waals surface area contributed by atoms with Gasteiger partial charge in [-0.1, -0.05) is 37.3 Å². The molecule has 1 saturated heterocycles. The predicted molar refractivity (Wildman–Crippen MR) is 128 cm³/mol. The Morgan fingerprint density at radius 1 is 1.12 bits per heavy atom. The fourth-order valence-corrected chi connectivity index (χ4v) is 4.34. The zero-order chi connectivity index (χ0) is 22.8. The molecule has 1 atom stereocenters. The minimum Gasteiger partial charge on any atom is -0.339 e. The van der Waals surface area contributed by atoms with Gasteiger partial charge in [0.2, 0.25) is 11.9 Å². The molecule has 2 N–H and O–H groups in total. The average Bonchev–Trinajstić information content (AvgIpc) is 3.49. The summed E-state index contributed by atoms with van der Waals surface area (Å²) >= 11 is 0. The number of hydrogen-bond acceptors (Lipinski definition) is 6. The smallest absolute Gasteiger partial charge is 0.245 e. The molecule has 9 heteroatoms. The van der Waals surface area contributed by atoms with Crippen molar-refractivity contribution in [3.63, 3.8) is 0 Å². The largest absolute Gasteiger partial charge is 0.339 e. The third-order valence-corrected chi connectivity index (χ3v) is 6.11. The molecular formula is C24H28N8O. The van der Waals surface area contributed by atoms with E-state index in [4.69, 9.17) is 10.1 Å². The molecule has 0 radical (unpaired) electrons. The summed E-state index contributed by atoms with van der Waals surface area (Å²) in [5.74, 6) is 2.14. The first-order valence-electron chi connectivity index (χ1n) is 11.4. The molecule has 3 aromatic heterocycles. The van der Waals surface area contributed by atoms with Gasteiger partial charge >= 0.3 is 0 Å². The number of aromatic nitrogens is 5. The van der Waals surface area contributed by atoms with E-state index in [2.05, 4.69) is 27.3 Å². The van der Waals surface area contributed by atoms with E-state index < -0.39 is 0 Å². The van der Waals surface area contributed by atoms with Crippen LogP contribution < -0.4 is 10.2 Å². The standard InChI is InChI=1S/C24H28N8O/c1-3-19(18-8-5-4-6-9-18)23(33)30-12-14-31(15-13-30)24-26-22(20-10-7-11-32(20)29-24)25-21-16-17(2)27-28-21/h4-11,16,19H,3,12-15H2,1-2H3,(H2,25,26,27,28,29)/t19-/m0/s1. The molecule has 4 heterocycles. The van der Waals surface area contributed by atoms with Crippen molar-refractivity contribution in [2.45, 2.75) is 26.2 Å². The fraction of sp³-hybridized carbons (Fsp3) is 0.333. The van der Waals surface area contributed by atoms with Crippen LogP contribution in [0.2, 0.25) is 0 Å². The lowest BCUT2D eigenvalue weighted by Gasteiger charge is -2.36. The van der Waals surface area contributed by atoms with Gasteiger partial charge in [-0.05, 0) is 31.0 Å². The summed E-state index contributed by atoms with van der Waals surface area (Å²) < 4.78 is 1.82. The Hall–Kier alpha value is -3.88. The third-order valence-electron chi connectivity index (χ3n) is 6.11. The molecule has 1 amide bonds. The van der Waals surface area contributed by atoms with Gasteiger partial charge in [0.05, 0.1) is 5.92 Å². The number of fused-ring (bicyclic) bond motifs is 1. The Labute approximate surface area is 192 Å². The highest BCUT2D eigenvalue weighted by Crippen LogP contribution is 2.25. The molecule has 0 saturated carbocycles. The van der Waals surface area contributed by atoms with Gasteiger partial charge in [-0.25, -0.2) is 4.52 Å². The molecule has 1 aromatic carbocycles. The van der Waals surface area contributed by atoms with Crippen LogP contribution in [0, 0.1) is 6.92 Å². The topological polar surface area (TPSA) is 94.5 Å². The zero-order valence-corrected chi connectivity index (χ0v) is 18.9. The molecule has 4 aromatic rings. The molecule has 0 bridgehead atoms. The van der Waals surface area contributed by atoms with E-state index >= 15 is 0 Å². The number of anilines is 3. The Kier molecular flexibility index (Phi) is 5.68. The number of aryl methyl sites for hydroxylation is 1. The Morgan fingerprint density at radius 2 is 1.91 bits per heavy atom. The molecule has 0 spiro atoms. The highest BCUT2D eigenvalue weighted by Gasteiger charge is 2.28. The van der Waals surface area contributed by atoms with Crippen molar-refractivity contribution in [2.75, 3.05) is 36.4 Å². The quantitative estimate of drug-likeness (QED) is 0.474. The van der Waals surface area contributed by atoms with Gasteiger partial charge in [0.1, 0.15) is 5.52 Å². The monoisotopic (exact) mass is 444 g/mol. The minimum absolute atomic E-state index is 0.0988. The lowest BCUT2D eigenvalue weighted by Crippen LogP contribution is -2.50. The summed E-state index contributed by atoms with van der Waals surface area (Å²) in [6.45, 7) is 6.70. The van der Waals surface area contributed by atoms with Crippen LogP contribution in [-0.2, 0) is 4.79 Å². The van der Waals surface area contributed by atoms with E-state index in [0.717, 1.165) is 23.2 Å². The number of nitrogens with one attached hydrogen (secondary N) is 2. The van der Waals surface area contributed by atoms with E-state index in [9.17, 15) is 4.79 Å². The maximum Gasteiger partial charge on any atom is 0.245 e. The number of piperazine rings is 1. The molecule has 33 heavy (non-hydrogen) atoms. The highest BCUT2D eigenvalue weighted by molar-refractivity contribution is 5.84. The van der Waals surface area contributed by atoms with Crippen LogP contribution in [-0.4, -0.2) is 61.8 Å². The normalized spacial score (nSPS) is 15.1. The second-order valence-corrected chi connectivity index (χ2v) is 8.34. The summed E-state index contributed by atoms with van der Waals surface area (Å²) in [4.78, 5) is 22.1. The van der Waals surface area contributed by atoms with Gasteiger partial charge < -0.3 is 15.1 Å². The first-order chi connectivity index (χ1) is 16.1. The lowest BCUT2D eigenvalue weighted by molar-refractivity contribution is -0.133. The van der Waals surface area contributed by atoms with Gasteiger partial charge in [-0.3, -0.25) is 9.89 Å². The summed E-state index contributed by atoms with van der Waals surface area (Å²) in [5.41, 5.74) is 2.93. The van der Waals surface area contributed by atoms with Crippen LogP contribution in [0.4, 0.5) is 17.6 Å². The van der Waals surface area contributed by atoms with Crippen molar-refractivity contribution in [3.05, 3.63) is 66.0 Å². The van der Waals surface area contributed by atoms with Crippen LogP contribution in [0.1, 0.15) is 30.5 Å². The van der Waals surface area contributed by atoms with Crippen LogP contribution >= 0.6 is 0 Å². The number of rotatable bonds is 6. The van der Waals surface area contributed by atoms with E-state index in [1.54, 1.807) is 0 Å². The van der Waals surface area contributed by atoms with Crippen molar-refractivity contribution in [2.24, 2.45) is 0 Å². The van der Waals surface area contributed by atoms with E-state index in [1.165, 1.54) is 0 Å². The first kappa shape index (κ1) is 21.0. The predicted octanol–water partition coefficient (Wildman–Crippen LogP) is 3.35. The number of nitrogens with zero attached hydrogens (tertiary/aromatic N) is 6. The maximum absolute atomic E-state index is 13.2. The van der Waals surface area contributed by atoms with Crippen molar-refractivity contribution in [3.8, 4) is 0 Å². The number of carbonyl (C=O) groups excluding carboxylic acids is 1. The molecular weight excluding hydrogens is 416 g/mol. The van der Waals surface area contributed by atoms with Crippen LogP contribution in [0.15, 0.2) is 54.7 Å². The van der Waals surface area contributed by atoms with Gasteiger partial charge in [0.25, 0.3) is 0 Å². The van der Waals surface area contributed by atoms with Crippen molar-refractivity contribution in [1.29, 1.82) is 0 Å². The van der Waals surface area contributed by atoms with Gasteiger partial charge in [-0.2, -0.15) is 10.1 Å². The van der Waals surface area contributed by atoms with Crippen molar-refractivity contribution < 1.29 is 4.79 Å². The highest BCUT2D eigenvalue weighted by atomic mass is 16.2. The van der Waals surface area contributed by atoms with E-state index in [-0.39, 0.29) is 11.8 Å².